The van der Waals surface area contributed by atoms with Crippen LogP contribution in [0.15, 0.2) is 12.1 Å². The van der Waals surface area contributed by atoms with E-state index in [0.29, 0.717) is 63.5 Å². The molecule has 0 bridgehead atoms. The second-order valence-electron chi connectivity index (χ2n) is 14.3. The molecule has 234 valence electrons. The van der Waals surface area contributed by atoms with E-state index in [-0.39, 0.29) is 29.5 Å². The fourth-order valence-corrected chi connectivity index (χ4v) is 7.04. The molecule has 4 aliphatic rings. The number of aromatic nitrogens is 2. The second-order valence-corrected chi connectivity index (χ2v) is 14.3. The maximum atomic E-state index is 15.4. The maximum Gasteiger partial charge on any atom is 0.410 e. The van der Waals surface area contributed by atoms with Crippen LogP contribution in [-0.4, -0.2) is 69.0 Å². The van der Waals surface area contributed by atoms with Crippen LogP contribution in [0.1, 0.15) is 90.4 Å². The number of nitrogens with one attached hydrogen (secondary N) is 1. The Labute approximate surface area is 251 Å². The lowest BCUT2D eigenvalue weighted by Crippen LogP contribution is -2.54. The monoisotopic (exact) mass is 599 g/mol. The number of ether oxygens (including phenoxy) is 2. The van der Waals surface area contributed by atoms with Crippen LogP contribution < -0.4 is 10.1 Å². The molecule has 3 aliphatic heterocycles. The van der Waals surface area contributed by atoms with Gasteiger partial charge in [-0.05, 0) is 73.1 Å². The van der Waals surface area contributed by atoms with Crippen molar-refractivity contribution < 1.29 is 27.8 Å². The summed E-state index contributed by atoms with van der Waals surface area (Å²) in [4.78, 5) is 29.4. The topological polar surface area (TPSA) is 88.9 Å². The maximum absolute atomic E-state index is 15.4. The predicted molar refractivity (Wildman–Crippen MR) is 157 cm³/mol. The average Bonchev–Trinajstić information content (AvgIpc) is 3.66. The number of nitrogens with zero attached hydrogens (tertiary/aromatic N) is 4. The van der Waals surface area contributed by atoms with E-state index in [1.165, 1.54) is 6.07 Å². The van der Waals surface area contributed by atoms with Crippen LogP contribution in [0.25, 0.3) is 11.3 Å². The van der Waals surface area contributed by atoms with Crippen molar-refractivity contribution in [2.24, 2.45) is 5.92 Å². The number of benzene rings is 1. The zero-order valence-electron chi connectivity index (χ0n) is 26.1. The second kappa shape index (κ2) is 10.4. The SMILES string of the molecule is Cc1c2c(nn1C1CCN(C(=O)OC(C)(C)C)C(C)(C)C1)-c1c(F)cc(F)cc1OC21CCN(C(=O)NCC2CC2)CC1. The molecule has 1 aromatic heterocycles. The smallest absolute Gasteiger partial charge is 0.410 e. The third kappa shape index (κ3) is 5.55. The molecule has 1 aromatic carbocycles. The standard InChI is InChI=1S/C32H43F2N5O4/c1-19-26-27(36-39(19)22-9-12-38(31(5,6)17-22)29(41)43-30(2,3)4)25-23(34)15-21(33)16-24(25)42-32(26)10-13-37(14-11-32)28(40)35-18-20-7-8-20/h15-16,20,22H,7-14,17-18H2,1-6H3,(H,35,40). The third-order valence-electron chi connectivity index (χ3n) is 9.38. The predicted octanol–water partition coefficient (Wildman–Crippen LogP) is 6.29. The van der Waals surface area contributed by atoms with E-state index < -0.39 is 28.4 Å². The van der Waals surface area contributed by atoms with Crippen LogP contribution >= 0.6 is 0 Å². The molecule has 4 heterocycles. The molecule has 1 atom stereocenters. The largest absolute Gasteiger partial charge is 0.481 e. The highest BCUT2D eigenvalue weighted by Gasteiger charge is 2.49. The number of urea groups is 1. The van der Waals surface area contributed by atoms with E-state index in [2.05, 4.69) is 5.32 Å². The van der Waals surface area contributed by atoms with Gasteiger partial charge >= 0.3 is 12.1 Å². The molecular formula is C32H43F2N5O4. The van der Waals surface area contributed by atoms with Gasteiger partial charge in [-0.15, -0.1) is 0 Å². The van der Waals surface area contributed by atoms with Crippen molar-refractivity contribution in [3.63, 3.8) is 0 Å². The molecular weight excluding hydrogens is 556 g/mol. The first-order chi connectivity index (χ1) is 20.2. The Morgan fingerprint density at radius 3 is 2.44 bits per heavy atom. The first-order valence-corrected chi connectivity index (χ1v) is 15.5. The summed E-state index contributed by atoms with van der Waals surface area (Å²) in [5.74, 6) is -0.701. The summed E-state index contributed by atoms with van der Waals surface area (Å²) < 4.78 is 44.0. The minimum absolute atomic E-state index is 0.0587. The molecule has 0 radical (unpaired) electrons. The van der Waals surface area contributed by atoms with Gasteiger partial charge in [-0.3, -0.25) is 4.68 Å². The zero-order valence-corrected chi connectivity index (χ0v) is 26.1. The highest BCUT2D eigenvalue weighted by molar-refractivity contribution is 5.76. The molecule has 11 heteroatoms. The summed E-state index contributed by atoms with van der Waals surface area (Å²) in [6.07, 6.45) is 4.19. The Hall–Kier alpha value is -3.37. The fraction of sp³-hybridized carbons (Fsp3) is 0.656. The third-order valence-corrected chi connectivity index (χ3v) is 9.38. The number of piperidine rings is 2. The summed E-state index contributed by atoms with van der Waals surface area (Å²) in [6, 6.07) is 1.96. The fourth-order valence-electron chi connectivity index (χ4n) is 7.04. The number of hydrogen-bond acceptors (Lipinski definition) is 5. The Morgan fingerprint density at radius 1 is 1.12 bits per heavy atom. The highest BCUT2D eigenvalue weighted by atomic mass is 19.1. The van der Waals surface area contributed by atoms with Crippen LogP contribution in [-0.2, 0) is 10.3 Å². The van der Waals surface area contributed by atoms with E-state index in [0.717, 1.165) is 30.2 Å². The molecule has 2 aromatic rings. The van der Waals surface area contributed by atoms with Gasteiger partial charge in [0.05, 0.1) is 11.6 Å². The van der Waals surface area contributed by atoms with Crippen LogP contribution in [0.2, 0.25) is 0 Å². The molecule has 1 unspecified atom stereocenters. The van der Waals surface area contributed by atoms with Gasteiger partial charge in [0.25, 0.3) is 0 Å². The average molecular weight is 600 g/mol. The van der Waals surface area contributed by atoms with E-state index in [1.807, 2.05) is 46.2 Å². The minimum Gasteiger partial charge on any atom is -0.481 e. The molecule has 43 heavy (non-hydrogen) atoms. The van der Waals surface area contributed by atoms with Gasteiger partial charge < -0.3 is 24.6 Å². The summed E-state index contributed by atoms with van der Waals surface area (Å²) >= 11 is 0. The lowest BCUT2D eigenvalue weighted by atomic mass is 9.79. The Balaban J connectivity index is 1.31. The molecule has 3 amide bonds. The molecule has 1 aliphatic carbocycles. The van der Waals surface area contributed by atoms with Gasteiger partial charge in [-0.25, -0.2) is 18.4 Å². The van der Waals surface area contributed by atoms with Crippen LogP contribution in [0, 0.1) is 24.5 Å². The van der Waals surface area contributed by atoms with E-state index in [4.69, 9.17) is 14.6 Å². The van der Waals surface area contributed by atoms with Gasteiger partial charge in [-0.1, -0.05) is 0 Å². The first-order valence-electron chi connectivity index (χ1n) is 15.5. The van der Waals surface area contributed by atoms with Crippen LogP contribution in [0.4, 0.5) is 18.4 Å². The molecule has 1 saturated carbocycles. The van der Waals surface area contributed by atoms with Gasteiger partial charge in [0.2, 0.25) is 0 Å². The number of fused-ring (bicyclic) bond motifs is 4. The number of halogens is 2. The van der Waals surface area contributed by atoms with Crippen molar-refractivity contribution in [2.75, 3.05) is 26.2 Å². The number of carbonyl (C=O) groups excluding carboxylic acids is 2. The van der Waals surface area contributed by atoms with Gasteiger partial charge in [-0.2, -0.15) is 5.10 Å². The number of likely N-dealkylation sites (tertiary alicyclic amines) is 2. The number of hydrogen-bond donors (Lipinski definition) is 1. The summed E-state index contributed by atoms with van der Waals surface area (Å²) in [6.45, 7) is 13.7. The number of rotatable bonds is 3. The summed E-state index contributed by atoms with van der Waals surface area (Å²) in [5, 5.41) is 8.05. The van der Waals surface area contributed by atoms with Gasteiger partial charge in [0.1, 0.15) is 34.3 Å². The van der Waals surface area contributed by atoms with Crippen LogP contribution in [0.5, 0.6) is 5.75 Å². The molecule has 2 saturated heterocycles. The first kappa shape index (κ1) is 29.7. The summed E-state index contributed by atoms with van der Waals surface area (Å²) in [7, 11) is 0. The van der Waals surface area contributed by atoms with Crippen molar-refractivity contribution in [1.29, 1.82) is 0 Å². The molecule has 3 fully saturated rings. The van der Waals surface area contributed by atoms with Crippen molar-refractivity contribution in [3.8, 4) is 17.0 Å². The molecule has 1 spiro atoms. The highest BCUT2D eigenvalue weighted by Crippen LogP contribution is 2.52. The van der Waals surface area contributed by atoms with Crippen molar-refractivity contribution in [3.05, 3.63) is 35.0 Å². The summed E-state index contributed by atoms with van der Waals surface area (Å²) in [5.41, 5.74) is 0.322. The van der Waals surface area contributed by atoms with E-state index in [9.17, 15) is 14.0 Å². The molecule has 9 nitrogen and oxygen atoms in total. The lowest BCUT2D eigenvalue weighted by Gasteiger charge is -2.46. The Bertz CT molecular complexity index is 1440. The zero-order chi connectivity index (χ0) is 30.9. The van der Waals surface area contributed by atoms with Crippen molar-refractivity contribution >= 4 is 12.1 Å². The Morgan fingerprint density at radius 2 is 1.81 bits per heavy atom. The van der Waals surface area contributed by atoms with Crippen molar-refractivity contribution in [2.45, 2.75) is 103 Å². The van der Waals surface area contributed by atoms with Gasteiger partial charge in [0, 0.05) is 67.9 Å². The van der Waals surface area contributed by atoms with Crippen LogP contribution in [0.3, 0.4) is 0 Å². The quantitative estimate of drug-likeness (QED) is 0.448. The van der Waals surface area contributed by atoms with Crippen molar-refractivity contribution in [1.82, 2.24) is 24.9 Å². The number of amides is 3. The Kier molecular flexibility index (Phi) is 7.16. The van der Waals surface area contributed by atoms with Gasteiger partial charge in [0.15, 0.2) is 0 Å². The molecule has 6 rings (SSSR count). The lowest BCUT2D eigenvalue weighted by molar-refractivity contribution is -0.0145. The molecule has 1 N–H and O–H groups in total. The van der Waals surface area contributed by atoms with E-state index in [1.54, 1.807) is 9.80 Å². The number of carbonyl (C=O) groups is 2. The normalized spacial score (nSPS) is 22.5. The minimum atomic E-state index is -0.870. The van der Waals surface area contributed by atoms with E-state index >= 15 is 4.39 Å².